The van der Waals surface area contributed by atoms with Gasteiger partial charge in [-0.2, -0.15) is 10.2 Å². The Labute approximate surface area is 202 Å². The first-order valence-corrected chi connectivity index (χ1v) is 11.2. The van der Waals surface area contributed by atoms with E-state index in [1.54, 1.807) is 25.6 Å². The summed E-state index contributed by atoms with van der Waals surface area (Å²) in [5, 5.41) is 11.3. The zero-order chi connectivity index (χ0) is 24.7. The molecule has 0 bridgehead atoms. The smallest absolute Gasteiger partial charge is 0.256 e. The lowest BCUT2D eigenvalue weighted by atomic mass is 9.86. The van der Waals surface area contributed by atoms with Gasteiger partial charge in [-0.1, -0.05) is 36.4 Å². The van der Waals surface area contributed by atoms with Gasteiger partial charge in [-0.05, 0) is 35.3 Å². The van der Waals surface area contributed by atoms with Gasteiger partial charge in [-0.3, -0.25) is 9.59 Å². The van der Waals surface area contributed by atoms with E-state index in [2.05, 4.69) is 25.5 Å². The molecule has 0 spiro atoms. The van der Waals surface area contributed by atoms with Crippen LogP contribution in [0.2, 0.25) is 0 Å². The van der Waals surface area contributed by atoms with Gasteiger partial charge in [0.1, 0.15) is 0 Å². The summed E-state index contributed by atoms with van der Waals surface area (Å²) in [5.41, 5.74) is 2.79. The number of hydrogen-bond acceptors (Lipinski definition) is 7. The number of hydrogen-bond donors (Lipinski definition) is 2. The topological polar surface area (TPSA) is 118 Å². The molecule has 1 atom stereocenters. The molecule has 1 aliphatic heterocycles. The molecule has 3 heterocycles. The number of amides is 1. The molecule has 180 valence electrons. The van der Waals surface area contributed by atoms with E-state index in [-0.39, 0.29) is 24.6 Å². The summed E-state index contributed by atoms with van der Waals surface area (Å²) in [6, 6.07) is 16.9. The molecule has 4 rings (SSSR count). The number of ether oxygens (including phenoxy) is 2. The van der Waals surface area contributed by atoms with Crippen LogP contribution >= 0.6 is 0 Å². The van der Waals surface area contributed by atoms with Crippen LogP contribution in [0.1, 0.15) is 22.4 Å². The molecule has 9 nitrogen and oxygen atoms in total. The number of nitrogens with one attached hydrogen (secondary N) is 2. The van der Waals surface area contributed by atoms with Crippen LogP contribution in [0.4, 0.5) is 0 Å². The standard InChI is InChI=1S/C26H27N5O4/c1-34-17-26(25(33)28-16-22-6-3-7-23(30-22)35-2)21(15-29-31-26)14-19-10-8-18(9-11-19)13-20-5-4-12-27-24(20)32/h3-12,15H,13-14,16-17H2,1-2H3,(H,27,32)(H,28,33). The number of benzene rings is 1. The number of carbonyl (C=O) groups excluding carboxylic acids is 1. The zero-order valence-corrected chi connectivity index (χ0v) is 19.7. The SMILES string of the molecule is COCC1(C(=O)NCc2cccc(OC)n2)N=NC=C1Cc1ccc(Cc2ccc[nH]c2=O)cc1. The second-order valence-corrected chi connectivity index (χ2v) is 8.21. The van der Waals surface area contributed by atoms with Crippen LogP contribution in [-0.2, 0) is 28.9 Å². The Balaban J connectivity index is 1.45. The second-order valence-electron chi connectivity index (χ2n) is 8.21. The van der Waals surface area contributed by atoms with E-state index in [0.29, 0.717) is 30.0 Å². The van der Waals surface area contributed by atoms with Gasteiger partial charge in [0, 0.05) is 31.4 Å². The lowest BCUT2D eigenvalue weighted by Crippen LogP contribution is -2.49. The summed E-state index contributed by atoms with van der Waals surface area (Å²) in [7, 11) is 3.08. The maximum atomic E-state index is 13.3. The van der Waals surface area contributed by atoms with Crippen LogP contribution < -0.4 is 15.6 Å². The average Bonchev–Trinajstić information content (AvgIpc) is 3.28. The minimum Gasteiger partial charge on any atom is -0.481 e. The van der Waals surface area contributed by atoms with Crippen molar-refractivity contribution in [1.82, 2.24) is 15.3 Å². The Morgan fingerprint density at radius 3 is 2.51 bits per heavy atom. The summed E-state index contributed by atoms with van der Waals surface area (Å²) < 4.78 is 10.5. The third-order valence-corrected chi connectivity index (χ3v) is 5.83. The molecular formula is C26H27N5O4. The maximum Gasteiger partial charge on any atom is 0.256 e. The van der Waals surface area contributed by atoms with Crippen LogP contribution in [0.15, 0.2) is 87.6 Å². The second kappa shape index (κ2) is 10.9. The van der Waals surface area contributed by atoms with E-state index in [1.165, 1.54) is 7.11 Å². The Kier molecular flexibility index (Phi) is 7.47. The molecule has 2 N–H and O–H groups in total. The molecule has 9 heteroatoms. The quantitative estimate of drug-likeness (QED) is 0.469. The molecular weight excluding hydrogens is 446 g/mol. The molecule has 1 aromatic carbocycles. The normalized spacial score (nSPS) is 16.7. The molecule has 35 heavy (non-hydrogen) atoms. The van der Waals surface area contributed by atoms with Gasteiger partial charge >= 0.3 is 0 Å². The zero-order valence-electron chi connectivity index (χ0n) is 19.7. The van der Waals surface area contributed by atoms with Crippen LogP contribution in [-0.4, -0.2) is 42.2 Å². The van der Waals surface area contributed by atoms with Crippen molar-refractivity contribution in [3.63, 3.8) is 0 Å². The van der Waals surface area contributed by atoms with Crippen LogP contribution in [0, 0.1) is 0 Å². The minimum atomic E-state index is -1.25. The number of rotatable bonds is 10. The fraction of sp³-hybridized carbons (Fsp3) is 0.269. The van der Waals surface area contributed by atoms with E-state index in [9.17, 15) is 9.59 Å². The highest BCUT2D eigenvalue weighted by molar-refractivity contribution is 5.91. The van der Waals surface area contributed by atoms with Gasteiger partial charge in [0.05, 0.1) is 32.2 Å². The van der Waals surface area contributed by atoms with Gasteiger partial charge in [0.2, 0.25) is 11.4 Å². The van der Waals surface area contributed by atoms with E-state index in [0.717, 1.165) is 16.7 Å². The highest BCUT2D eigenvalue weighted by atomic mass is 16.5. The van der Waals surface area contributed by atoms with Gasteiger partial charge in [0.15, 0.2) is 0 Å². The van der Waals surface area contributed by atoms with Crippen molar-refractivity contribution < 1.29 is 14.3 Å². The monoisotopic (exact) mass is 473 g/mol. The molecule has 0 aliphatic carbocycles. The van der Waals surface area contributed by atoms with Crippen molar-refractivity contribution in [2.45, 2.75) is 24.9 Å². The predicted molar refractivity (Wildman–Crippen MR) is 130 cm³/mol. The fourth-order valence-electron chi connectivity index (χ4n) is 3.94. The number of aromatic nitrogens is 2. The lowest BCUT2D eigenvalue weighted by Gasteiger charge is -2.26. The first-order valence-electron chi connectivity index (χ1n) is 11.2. The van der Waals surface area contributed by atoms with E-state index < -0.39 is 5.54 Å². The third-order valence-electron chi connectivity index (χ3n) is 5.83. The molecule has 1 amide bonds. The van der Waals surface area contributed by atoms with Crippen molar-refractivity contribution in [2.75, 3.05) is 20.8 Å². The van der Waals surface area contributed by atoms with Gasteiger partial charge < -0.3 is 19.8 Å². The van der Waals surface area contributed by atoms with Crippen LogP contribution in [0.25, 0.3) is 0 Å². The third kappa shape index (κ3) is 5.52. The Hall–Kier alpha value is -4.11. The molecule has 2 aromatic heterocycles. The van der Waals surface area contributed by atoms with Crippen molar-refractivity contribution in [1.29, 1.82) is 0 Å². The first-order chi connectivity index (χ1) is 17.0. The number of methoxy groups -OCH3 is 2. The number of carbonyl (C=O) groups is 1. The van der Waals surface area contributed by atoms with Crippen molar-refractivity contribution in [3.8, 4) is 5.88 Å². The number of nitrogens with zero attached hydrogens (tertiary/aromatic N) is 3. The fourth-order valence-corrected chi connectivity index (χ4v) is 3.94. The number of aromatic amines is 1. The van der Waals surface area contributed by atoms with Gasteiger partial charge in [-0.15, -0.1) is 0 Å². The Morgan fingerprint density at radius 2 is 1.80 bits per heavy atom. The Bertz CT molecular complexity index is 1300. The largest absolute Gasteiger partial charge is 0.481 e. The molecule has 0 saturated carbocycles. The van der Waals surface area contributed by atoms with Crippen LogP contribution in [0.3, 0.4) is 0 Å². The number of azo groups is 1. The van der Waals surface area contributed by atoms with Gasteiger partial charge in [-0.25, -0.2) is 4.98 Å². The minimum absolute atomic E-state index is 0.0641. The molecule has 1 unspecified atom stereocenters. The van der Waals surface area contributed by atoms with Crippen molar-refractivity contribution >= 4 is 5.91 Å². The first kappa shape index (κ1) is 24.0. The van der Waals surface area contributed by atoms with Crippen LogP contribution in [0.5, 0.6) is 5.88 Å². The highest BCUT2D eigenvalue weighted by Crippen LogP contribution is 2.32. The number of pyridine rings is 2. The van der Waals surface area contributed by atoms with E-state index >= 15 is 0 Å². The van der Waals surface area contributed by atoms with E-state index in [1.807, 2.05) is 48.5 Å². The highest BCUT2D eigenvalue weighted by Gasteiger charge is 2.45. The Morgan fingerprint density at radius 1 is 1.03 bits per heavy atom. The molecule has 0 fully saturated rings. The number of H-pyrrole nitrogens is 1. The summed E-state index contributed by atoms with van der Waals surface area (Å²) >= 11 is 0. The molecule has 0 radical (unpaired) electrons. The summed E-state index contributed by atoms with van der Waals surface area (Å²) in [6.07, 6.45) is 4.27. The van der Waals surface area contributed by atoms with Gasteiger partial charge in [0.25, 0.3) is 11.5 Å². The average molecular weight is 474 g/mol. The molecule has 1 aliphatic rings. The summed E-state index contributed by atoms with van der Waals surface area (Å²) in [6.45, 7) is 0.284. The van der Waals surface area contributed by atoms with Crippen molar-refractivity contribution in [3.05, 3.63) is 105 Å². The predicted octanol–water partition coefficient (Wildman–Crippen LogP) is 2.96. The van der Waals surface area contributed by atoms with E-state index in [4.69, 9.17) is 9.47 Å². The maximum absolute atomic E-state index is 13.3. The molecule has 3 aromatic rings. The lowest BCUT2D eigenvalue weighted by molar-refractivity contribution is -0.126. The molecule has 0 saturated heterocycles. The summed E-state index contributed by atoms with van der Waals surface area (Å²) in [5.74, 6) is 0.168. The van der Waals surface area contributed by atoms with Crippen molar-refractivity contribution in [2.24, 2.45) is 10.2 Å². The summed E-state index contributed by atoms with van der Waals surface area (Å²) in [4.78, 5) is 32.3.